The summed E-state index contributed by atoms with van der Waals surface area (Å²) in [5.41, 5.74) is 0.890. The molecule has 0 heterocycles. The number of sulfonamides is 1. The molecule has 0 saturated carbocycles. The Labute approximate surface area is 126 Å². The minimum Gasteiger partial charge on any atom is -0.313 e. The molecule has 1 aromatic carbocycles. The highest BCUT2D eigenvalue weighted by molar-refractivity contribution is 7.89. The Morgan fingerprint density at radius 3 is 2.55 bits per heavy atom. The van der Waals surface area contributed by atoms with Gasteiger partial charge in [0, 0.05) is 24.7 Å². The van der Waals surface area contributed by atoms with Crippen molar-refractivity contribution in [3.05, 3.63) is 28.8 Å². The number of nitrogens with one attached hydrogen (secondary N) is 2. The number of likely N-dealkylation sites (N-methyl/N-ethyl adjacent to an activating group) is 1. The topological polar surface area (TPSA) is 61.4 Å². The smallest absolute Gasteiger partial charge is 0.240 e. The molecule has 0 bridgehead atoms. The first-order valence-corrected chi connectivity index (χ1v) is 8.36. The zero-order valence-corrected chi connectivity index (χ0v) is 13.7. The molecule has 5 nitrogen and oxygen atoms in total. The van der Waals surface area contributed by atoms with Crippen molar-refractivity contribution >= 4 is 21.6 Å². The molecule has 0 amide bonds. The van der Waals surface area contributed by atoms with Crippen molar-refractivity contribution in [2.75, 3.05) is 33.7 Å². The molecule has 0 spiro atoms. The molecule has 20 heavy (non-hydrogen) atoms. The van der Waals surface area contributed by atoms with Crippen LogP contribution in [-0.2, 0) is 16.6 Å². The Hall–Kier alpha value is -0.660. The zero-order chi connectivity index (χ0) is 15.2. The van der Waals surface area contributed by atoms with Gasteiger partial charge in [0.05, 0.1) is 4.90 Å². The van der Waals surface area contributed by atoms with E-state index in [2.05, 4.69) is 10.0 Å². The van der Waals surface area contributed by atoms with Crippen molar-refractivity contribution < 1.29 is 8.42 Å². The Balaban J connectivity index is 2.78. The van der Waals surface area contributed by atoms with Gasteiger partial charge in [0.25, 0.3) is 0 Å². The minimum atomic E-state index is -3.50. The highest BCUT2D eigenvalue weighted by atomic mass is 35.5. The van der Waals surface area contributed by atoms with E-state index in [0.29, 0.717) is 24.7 Å². The van der Waals surface area contributed by atoms with E-state index in [1.807, 2.05) is 25.9 Å². The second kappa shape index (κ2) is 7.95. The van der Waals surface area contributed by atoms with E-state index in [9.17, 15) is 8.42 Å². The summed E-state index contributed by atoms with van der Waals surface area (Å²) >= 11 is 6.12. The number of halogens is 1. The monoisotopic (exact) mass is 319 g/mol. The molecule has 0 aliphatic rings. The molecule has 0 aliphatic carbocycles. The fourth-order valence-electron chi connectivity index (χ4n) is 1.59. The van der Waals surface area contributed by atoms with Gasteiger partial charge in [0.1, 0.15) is 0 Å². The summed E-state index contributed by atoms with van der Waals surface area (Å²) in [4.78, 5) is 2.11. The summed E-state index contributed by atoms with van der Waals surface area (Å²) in [7, 11) is 0.282. The molecule has 0 unspecified atom stereocenters. The van der Waals surface area contributed by atoms with Crippen molar-refractivity contribution in [3.63, 3.8) is 0 Å². The van der Waals surface area contributed by atoms with Gasteiger partial charge in [0.2, 0.25) is 10.0 Å². The molecule has 114 valence electrons. The standard InChI is InChI=1S/C13H22ClN3O2S/c1-4-15-10-11-5-6-12(9-13(11)14)20(18,19)16-7-8-17(2)3/h5-6,9,15-16H,4,7-8,10H2,1-3H3. The average molecular weight is 320 g/mol. The lowest BCUT2D eigenvalue weighted by molar-refractivity contribution is 0.412. The fraction of sp³-hybridized carbons (Fsp3) is 0.538. The quantitative estimate of drug-likeness (QED) is 0.758. The third-order valence-corrected chi connectivity index (χ3v) is 4.56. The van der Waals surface area contributed by atoms with Crippen molar-refractivity contribution in [2.24, 2.45) is 0 Å². The van der Waals surface area contributed by atoms with E-state index in [4.69, 9.17) is 11.6 Å². The zero-order valence-electron chi connectivity index (χ0n) is 12.1. The number of hydrogen-bond acceptors (Lipinski definition) is 4. The van der Waals surface area contributed by atoms with Gasteiger partial charge in [-0.2, -0.15) is 0 Å². The molecule has 7 heteroatoms. The van der Waals surface area contributed by atoms with Crippen LogP contribution >= 0.6 is 11.6 Å². The highest BCUT2D eigenvalue weighted by Gasteiger charge is 2.15. The summed E-state index contributed by atoms with van der Waals surface area (Å²) in [5, 5.41) is 3.61. The third-order valence-electron chi connectivity index (χ3n) is 2.75. The molecule has 0 saturated heterocycles. The predicted molar refractivity (Wildman–Crippen MR) is 82.6 cm³/mol. The van der Waals surface area contributed by atoms with Gasteiger partial charge in [0.15, 0.2) is 0 Å². The van der Waals surface area contributed by atoms with Crippen LogP contribution in [0.5, 0.6) is 0 Å². The van der Waals surface area contributed by atoms with E-state index in [1.54, 1.807) is 12.1 Å². The SMILES string of the molecule is CCNCc1ccc(S(=O)(=O)NCCN(C)C)cc1Cl. The van der Waals surface area contributed by atoms with Gasteiger partial charge in [-0.15, -0.1) is 0 Å². The van der Waals surface area contributed by atoms with Crippen LogP contribution in [-0.4, -0.2) is 47.0 Å². The van der Waals surface area contributed by atoms with Crippen molar-refractivity contribution in [1.29, 1.82) is 0 Å². The van der Waals surface area contributed by atoms with Crippen LogP contribution in [0, 0.1) is 0 Å². The van der Waals surface area contributed by atoms with Crippen LogP contribution < -0.4 is 10.0 Å². The second-order valence-corrected chi connectivity index (χ2v) is 6.91. The first-order chi connectivity index (χ1) is 9.36. The molecule has 0 radical (unpaired) electrons. The first kappa shape index (κ1) is 17.4. The predicted octanol–water partition coefficient (Wildman–Crippen LogP) is 1.29. The molecular weight excluding hydrogens is 298 g/mol. The summed E-state index contributed by atoms with van der Waals surface area (Å²) in [6.45, 7) is 4.48. The number of hydrogen-bond donors (Lipinski definition) is 2. The summed E-state index contributed by atoms with van der Waals surface area (Å²) in [6, 6.07) is 4.81. The molecule has 0 atom stereocenters. The molecule has 0 aromatic heterocycles. The van der Waals surface area contributed by atoms with Crippen LogP contribution in [0.3, 0.4) is 0 Å². The molecular formula is C13H22ClN3O2S. The van der Waals surface area contributed by atoms with Gasteiger partial charge in [-0.05, 0) is 38.3 Å². The fourth-order valence-corrected chi connectivity index (χ4v) is 2.94. The van der Waals surface area contributed by atoms with Crippen LogP contribution in [0.4, 0.5) is 0 Å². The highest BCUT2D eigenvalue weighted by Crippen LogP contribution is 2.20. The normalized spacial score (nSPS) is 12.1. The van der Waals surface area contributed by atoms with Gasteiger partial charge in [-0.1, -0.05) is 24.6 Å². The second-order valence-electron chi connectivity index (χ2n) is 4.73. The van der Waals surface area contributed by atoms with Crippen LogP contribution in [0.2, 0.25) is 5.02 Å². The van der Waals surface area contributed by atoms with Crippen molar-refractivity contribution in [3.8, 4) is 0 Å². The third kappa shape index (κ3) is 5.38. The van der Waals surface area contributed by atoms with Gasteiger partial charge >= 0.3 is 0 Å². The molecule has 1 aromatic rings. The van der Waals surface area contributed by atoms with Crippen LogP contribution in [0.25, 0.3) is 0 Å². The Morgan fingerprint density at radius 1 is 1.30 bits per heavy atom. The van der Waals surface area contributed by atoms with Crippen molar-refractivity contribution in [2.45, 2.75) is 18.4 Å². The van der Waals surface area contributed by atoms with E-state index >= 15 is 0 Å². The van der Waals surface area contributed by atoms with E-state index in [-0.39, 0.29) is 4.90 Å². The maximum Gasteiger partial charge on any atom is 0.240 e. The number of nitrogens with zero attached hydrogens (tertiary/aromatic N) is 1. The maximum atomic E-state index is 12.1. The van der Waals surface area contributed by atoms with Gasteiger partial charge < -0.3 is 10.2 Å². The van der Waals surface area contributed by atoms with Gasteiger partial charge in [-0.3, -0.25) is 0 Å². The Kier molecular flexibility index (Phi) is 6.91. The Bertz CT molecular complexity index is 532. The number of benzene rings is 1. The van der Waals surface area contributed by atoms with Gasteiger partial charge in [-0.25, -0.2) is 13.1 Å². The summed E-state index contributed by atoms with van der Waals surface area (Å²) in [6.07, 6.45) is 0. The van der Waals surface area contributed by atoms with Crippen LogP contribution in [0.15, 0.2) is 23.1 Å². The maximum absolute atomic E-state index is 12.1. The summed E-state index contributed by atoms with van der Waals surface area (Å²) in [5.74, 6) is 0. The molecule has 1 rings (SSSR count). The van der Waals surface area contributed by atoms with E-state index in [0.717, 1.165) is 12.1 Å². The Morgan fingerprint density at radius 2 is 2.00 bits per heavy atom. The average Bonchev–Trinajstić information content (AvgIpc) is 2.36. The van der Waals surface area contributed by atoms with Crippen molar-refractivity contribution in [1.82, 2.24) is 14.9 Å². The molecule has 0 fully saturated rings. The lowest BCUT2D eigenvalue weighted by Crippen LogP contribution is -2.31. The van der Waals surface area contributed by atoms with E-state index < -0.39 is 10.0 Å². The largest absolute Gasteiger partial charge is 0.313 e. The first-order valence-electron chi connectivity index (χ1n) is 6.50. The lowest BCUT2D eigenvalue weighted by Gasteiger charge is -2.12. The van der Waals surface area contributed by atoms with E-state index in [1.165, 1.54) is 6.07 Å². The molecule has 0 aliphatic heterocycles. The minimum absolute atomic E-state index is 0.196. The van der Waals surface area contributed by atoms with Crippen LogP contribution in [0.1, 0.15) is 12.5 Å². The summed E-state index contributed by atoms with van der Waals surface area (Å²) < 4.78 is 26.7. The number of rotatable bonds is 8. The lowest BCUT2D eigenvalue weighted by atomic mass is 10.2. The molecule has 2 N–H and O–H groups in total.